The molecule has 1 saturated heterocycles. The van der Waals surface area contributed by atoms with Crippen LogP contribution >= 0.6 is 0 Å². The first kappa shape index (κ1) is 15.0. The summed E-state index contributed by atoms with van der Waals surface area (Å²) in [5, 5.41) is 12.5. The van der Waals surface area contributed by atoms with Gasteiger partial charge in [-0.15, -0.1) is 0 Å². The second kappa shape index (κ2) is 7.37. The average molecular weight is 275 g/mol. The van der Waals surface area contributed by atoms with E-state index in [0.717, 1.165) is 31.7 Å². The topological polar surface area (TPSA) is 39.1 Å². The smallest absolute Gasteiger partial charge is 0.123 e. The van der Waals surface area contributed by atoms with Gasteiger partial charge in [-0.2, -0.15) is 5.26 Å². The van der Waals surface area contributed by atoms with Crippen molar-refractivity contribution in [3.05, 3.63) is 35.1 Å². The maximum Gasteiger partial charge on any atom is 0.123 e. The van der Waals surface area contributed by atoms with E-state index in [1.54, 1.807) is 6.07 Å². The molecule has 0 amide bonds. The van der Waals surface area contributed by atoms with Crippen LogP contribution in [0.5, 0.6) is 0 Å². The molecule has 0 saturated carbocycles. The molecular formula is C16H22FN3. The van der Waals surface area contributed by atoms with E-state index in [1.165, 1.54) is 25.0 Å². The molecule has 0 spiro atoms. The first-order valence-corrected chi connectivity index (χ1v) is 7.34. The monoisotopic (exact) mass is 275 g/mol. The van der Waals surface area contributed by atoms with Gasteiger partial charge in [-0.25, -0.2) is 4.39 Å². The van der Waals surface area contributed by atoms with Crippen LogP contribution in [0, 0.1) is 23.1 Å². The van der Waals surface area contributed by atoms with Crippen molar-refractivity contribution < 1.29 is 4.39 Å². The molecule has 1 aromatic carbocycles. The van der Waals surface area contributed by atoms with Crippen LogP contribution in [-0.4, -0.2) is 31.1 Å². The molecule has 1 N–H and O–H groups in total. The van der Waals surface area contributed by atoms with Crippen molar-refractivity contribution in [3.8, 4) is 6.07 Å². The summed E-state index contributed by atoms with van der Waals surface area (Å²) in [6.45, 7) is 6.88. The number of benzene rings is 1. The third-order valence-corrected chi connectivity index (χ3v) is 3.87. The fourth-order valence-electron chi connectivity index (χ4n) is 2.85. The average Bonchev–Trinajstić information content (AvgIpc) is 2.46. The summed E-state index contributed by atoms with van der Waals surface area (Å²) < 4.78 is 13.3. The number of nitrogens with one attached hydrogen (secondary N) is 1. The molecule has 0 bridgehead atoms. The number of likely N-dealkylation sites (tertiary alicyclic amines) is 1. The van der Waals surface area contributed by atoms with Gasteiger partial charge < -0.3 is 5.32 Å². The summed E-state index contributed by atoms with van der Waals surface area (Å²) in [6.07, 6.45) is 2.42. The summed E-state index contributed by atoms with van der Waals surface area (Å²) in [5.74, 6) is 0.392. The lowest BCUT2D eigenvalue weighted by Crippen LogP contribution is -2.39. The lowest BCUT2D eigenvalue weighted by atomic mass is 9.97. The molecular weight excluding hydrogens is 253 g/mol. The zero-order valence-electron chi connectivity index (χ0n) is 12.0. The zero-order chi connectivity index (χ0) is 14.4. The minimum atomic E-state index is -0.264. The van der Waals surface area contributed by atoms with E-state index in [4.69, 9.17) is 5.26 Å². The van der Waals surface area contributed by atoms with Gasteiger partial charge in [-0.05, 0) is 62.2 Å². The Morgan fingerprint density at radius 2 is 2.35 bits per heavy atom. The van der Waals surface area contributed by atoms with Crippen molar-refractivity contribution in [2.24, 2.45) is 5.92 Å². The Balaban J connectivity index is 1.99. The maximum absolute atomic E-state index is 13.3. The Labute approximate surface area is 120 Å². The van der Waals surface area contributed by atoms with Crippen LogP contribution in [-0.2, 0) is 6.54 Å². The number of hydrogen-bond acceptors (Lipinski definition) is 3. The SMILES string of the molecule is CCNCC1CCCN(Cc2cc(F)ccc2C#N)C1. The second-order valence-corrected chi connectivity index (χ2v) is 5.46. The Hall–Kier alpha value is -1.44. The number of halogens is 1. The van der Waals surface area contributed by atoms with Crippen LogP contribution in [0.4, 0.5) is 4.39 Å². The number of rotatable bonds is 5. The Kier molecular flexibility index (Phi) is 5.51. The first-order valence-electron chi connectivity index (χ1n) is 7.34. The van der Waals surface area contributed by atoms with Crippen LogP contribution in [0.25, 0.3) is 0 Å². The summed E-state index contributed by atoms with van der Waals surface area (Å²) in [6, 6.07) is 6.57. The number of nitriles is 1. The zero-order valence-corrected chi connectivity index (χ0v) is 12.0. The molecule has 2 rings (SSSR count). The van der Waals surface area contributed by atoms with Gasteiger partial charge in [-0.3, -0.25) is 4.90 Å². The van der Waals surface area contributed by atoms with E-state index < -0.39 is 0 Å². The molecule has 20 heavy (non-hydrogen) atoms. The molecule has 0 radical (unpaired) electrons. The summed E-state index contributed by atoms with van der Waals surface area (Å²) >= 11 is 0. The normalized spacial score (nSPS) is 19.8. The molecule has 1 unspecified atom stereocenters. The molecule has 1 fully saturated rings. The summed E-state index contributed by atoms with van der Waals surface area (Å²) in [4.78, 5) is 2.33. The van der Waals surface area contributed by atoms with Gasteiger partial charge in [0.15, 0.2) is 0 Å². The van der Waals surface area contributed by atoms with E-state index in [-0.39, 0.29) is 5.82 Å². The highest BCUT2D eigenvalue weighted by Gasteiger charge is 2.20. The molecule has 1 aromatic rings. The molecule has 1 atom stereocenters. The van der Waals surface area contributed by atoms with Crippen molar-refractivity contribution in [3.63, 3.8) is 0 Å². The molecule has 3 nitrogen and oxygen atoms in total. The van der Waals surface area contributed by atoms with Crippen molar-refractivity contribution >= 4 is 0 Å². The number of hydrogen-bond donors (Lipinski definition) is 1. The van der Waals surface area contributed by atoms with Gasteiger partial charge in [0.1, 0.15) is 5.82 Å². The van der Waals surface area contributed by atoms with Gasteiger partial charge in [-0.1, -0.05) is 6.92 Å². The highest BCUT2D eigenvalue weighted by Crippen LogP contribution is 2.20. The summed E-state index contributed by atoms with van der Waals surface area (Å²) in [7, 11) is 0. The maximum atomic E-state index is 13.3. The van der Waals surface area contributed by atoms with Crippen molar-refractivity contribution in [1.82, 2.24) is 10.2 Å². The standard InChI is InChI=1S/C16H22FN3/c1-2-19-10-13-4-3-7-20(11-13)12-15-8-16(17)6-5-14(15)9-18/h5-6,8,13,19H,2-4,7,10-12H2,1H3. The lowest BCUT2D eigenvalue weighted by Gasteiger charge is -2.33. The van der Waals surface area contributed by atoms with Crippen molar-refractivity contribution in [2.45, 2.75) is 26.3 Å². The Bertz CT molecular complexity index is 481. The van der Waals surface area contributed by atoms with Crippen LogP contribution in [0.2, 0.25) is 0 Å². The molecule has 1 heterocycles. The fourth-order valence-corrected chi connectivity index (χ4v) is 2.85. The third-order valence-electron chi connectivity index (χ3n) is 3.87. The lowest BCUT2D eigenvalue weighted by molar-refractivity contribution is 0.165. The molecule has 1 aliphatic rings. The van der Waals surface area contributed by atoms with Crippen molar-refractivity contribution in [2.75, 3.05) is 26.2 Å². The Morgan fingerprint density at radius 3 is 3.10 bits per heavy atom. The minimum Gasteiger partial charge on any atom is -0.317 e. The largest absolute Gasteiger partial charge is 0.317 e. The number of nitrogens with zero attached hydrogens (tertiary/aromatic N) is 2. The summed E-state index contributed by atoms with van der Waals surface area (Å²) in [5.41, 5.74) is 1.39. The van der Waals surface area contributed by atoms with E-state index in [0.29, 0.717) is 18.0 Å². The van der Waals surface area contributed by atoms with Gasteiger partial charge in [0.05, 0.1) is 11.6 Å². The van der Waals surface area contributed by atoms with Crippen LogP contribution in [0.1, 0.15) is 30.9 Å². The van der Waals surface area contributed by atoms with Gasteiger partial charge in [0, 0.05) is 13.1 Å². The van der Waals surface area contributed by atoms with Crippen molar-refractivity contribution in [1.29, 1.82) is 5.26 Å². The third kappa shape index (κ3) is 4.03. The minimum absolute atomic E-state index is 0.264. The van der Waals surface area contributed by atoms with E-state index in [2.05, 4.69) is 23.2 Å². The predicted octanol–water partition coefficient (Wildman–Crippen LogP) is 2.52. The predicted molar refractivity (Wildman–Crippen MR) is 77.7 cm³/mol. The van der Waals surface area contributed by atoms with E-state index >= 15 is 0 Å². The molecule has 108 valence electrons. The van der Waals surface area contributed by atoms with Crippen LogP contribution in [0.3, 0.4) is 0 Å². The van der Waals surface area contributed by atoms with E-state index in [9.17, 15) is 4.39 Å². The molecule has 1 aliphatic heterocycles. The van der Waals surface area contributed by atoms with Gasteiger partial charge in [0.2, 0.25) is 0 Å². The molecule has 4 heteroatoms. The highest BCUT2D eigenvalue weighted by atomic mass is 19.1. The van der Waals surface area contributed by atoms with Gasteiger partial charge >= 0.3 is 0 Å². The van der Waals surface area contributed by atoms with Crippen LogP contribution in [0.15, 0.2) is 18.2 Å². The number of piperidine rings is 1. The second-order valence-electron chi connectivity index (χ2n) is 5.46. The molecule has 0 aromatic heterocycles. The van der Waals surface area contributed by atoms with E-state index in [1.807, 2.05) is 0 Å². The Morgan fingerprint density at radius 1 is 1.50 bits per heavy atom. The highest BCUT2D eigenvalue weighted by molar-refractivity contribution is 5.37. The quantitative estimate of drug-likeness (QED) is 0.897. The molecule has 0 aliphatic carbocycles. The van der Waals surface area contributed by atoms with Gasteiger partial charge in [0.25, 0.3) is 0 Å². The fraction of sp³-hybridized carbons (Fsp3) is 0.562. The first-order chi connectivity index (χ1) is 9.72. The van der Waals surface area contributed by atoms with Crippen LogP contribution < -0.4 is 5.32 Å².